The highest BCUT2D eigenvalue weighted by Crippen LogP contribution is 2.30. The quantitative estimate of drug-likeness (QED) is 0.295. The molecule has 0 saturated heterocycles. The van der Waals surface area contributed by atoms with Crippen LogP contribution in [0, 0.1) is 11.3 Å². The maximum absolute atomic E-state index is 13.0. The van der Waals surface area contributed by atoms with E-state index in [1.807, 2.05) is 48.5 Å². The summed E-state index contributed by atoms with van der Waals surface area (Å²) in [5.74, 6) is -0.664. The second-order valence-corrected chi connectivity index (χ2v) is 7.39. The summed E-state index contributed by atoms with van der Waals surface area (Å²) >= 11 is 0. The number of benzene rings is 2. The number of nitriles is 1. The van der Waals surface area contributed by atoms with Crippen molar-refractivity contribution >= 4 is 33.5 Å². The predicted octanol–water partition coefficient (Wildman–Crippen LogP) is 4.25. The molecular weight excluding hydrogens is 392 g/mol. The number of carbonyl (C=O) groups is 1. The molecule has 0 saturated carbocycles. The lowest BCUT2D eigenvalue weighted by Crippen LogP contribution is -2.13. The fourth-order valence-corrected chi connectivity index (χ4v) is 4.05. The van der Waals surface area contributed by atoms with E-state index in [1.165, 1.54) is 0 Å². The Morgan fingerprint density at radius 1 is 1.10 bits per heavy atom. The fraction of sp³-hybridized carbons (Fsp3) is 0.167. The minimum Gasteiger partial charge on any atom is -0.507 e. The van der Waals surface area contributed by atoms with Gasteiger partial charge >= 0.3 is 5.97 Å². The van der Waals surface area contributed by atoms with Crippen molar-refractivity contribution in [2.45, 2.75) is 19.3 Å². The van der Waals surface area contributed by atoms with Crippen molar-refractivity contribution in [2.24, 2.45) is 0 Å². The number of aryl methyl sites for hydroxylation is 1. The van der Waals surface area contributed by atoms with Crippen LogP contribution in [0.1, 0.15) is 33.9 Å². The highest BCUT2D eigenvalue weighted by atomic mass is 16.5. The number of hydrogen-bond donors (Lipinski definition) is 2. The van der Waals surface area contributed by atoms with Gasteiger partial charge < -0.3 is 14.8 Å². The monoisotopic (exact) mass is 410 g/mol. The normalized spacial score (nSPS) is 13.6. The van der Waals surface area contributed by atoms with Crippen molar-refractivity contribution in [3.63, 3.8) is 0 Å². The van der Waals surface area contributed by atoms with Gasteiger partial charge in [-0.05, 0) is 43.0 Å². The molecular formula is C24H18N4O3. The molecule has 5 rings (SSSR count). The number of nitrogens with one attached hydrogen (secondary N) is 1. The topological polar surface area (TPSA) is 112 Å². The van der Waals surface area contributed by atoms with Crippen LogP contribution in [0.2, 0.25) is 0 Å². The summed E-state index contributed by atoms with van der Waals surface area (Å²) in [6.07, 6.45) is 2.53. The summed E-state index contributed by atoms with van der Waals surface area (Å²) in [6.45, 7) is -0.426. The number of aliphatic hydroxyl groups excluding tert-OH is 1. The molecule has 1 aliphatic carbocycles. The highest BCUT2D eigenvalue weighted by Gasteiger charge is 2.25. The van der Waals surface area contributed by atoms with Crippen LogP contribution in [0.3, 0.4) is 0 Å². The second kappa shape index (κ2) is 7.58. The first-order valence-corrected chi connectivity index (χ1v) is 10.0. The van der Waals surface area contributed by atoms with E-state index in [-0.39, 0.29) is 17.2 Å². The van der Waals surface area contributed by atoms with Crippen molar-refractivity contribution in [2.75, 3.05) is 6.61 Å². The van der Waals surface area contributed by atoms with Crippen LogP contribution >= 0.6 is 0 Å². The SMILES string of the molecule is N#C/C(=C(/O)COC(=O)c1c2c(nc3ccccc13)CCC2)c1nc2ccccc2[nH]1. The zero-order valence-electron chi connectivity index (χ0n) is 16.6. The van der Waals surface area contributed by atoms with Gasteiger partial charge in [0.05, 0.1) is 22.1 Å². The first kappa shape index (κ1) is 18.8. The first-order valence-electron chi connectivity index (χ1n) is 10.0. The summed E-state index contributed by atoms with van der Waals surface area (Å²) in [6, 6.07) is 16.7. The molecule has 0 fully saturated rings. The summed E-state index contributed by atoms with van der Waals surface area (Å²) in [5.41, 5.74) is 4.43. The molecule has 0 aliphatic heterocycles. The number of esters is 1. The molecule has 7 nitrogen and oxygen atoms in total. The van der Waals surface area contributed by atoms with Gasteiger partial charge in [-0.15, -0.1) is 0 Å². The largest absolute Gasteiger partial charge is 0.507 e. The third-order valence-corrected chi connectivity index (χ3v) is 5.49. The van der Waals surface area contributed by atoms with Crippen molar-refractivity contribution in [1.29, 1.82) is 5.26 Å². The number of imidazole rings is 1. The molecule has 0 radical (unpaired) electrons. The lowest BCUT2D eigenvalue weighted by molar-refractivity contribution is 0.0504. The van der Waals surface area contributed by atoms with E-state index in [2.05, 4.69) is 15.0 Å². The first-order chi connectivity index (χ1) is 15.2. The number of nitrogens with zero attached hydrogens (tertiary/aromatic N) is 3. The number of para-hydroxylation sites is 3. The van der Waals surface area contributed by atoms with Crippen LogP contribution < -0.4 is 0 Å². The average molecular weight is 410 g/mol. The van der Waals surface area contributed by atoms with Crippen molar-refractivity contribution in [1.82, 2.24) is 15.0 Å². The molecule has 7 heteroatoms. The standard InChI is InChI=1S/C24H18N4O3/c25-12-16(23-27-19-9-3-4-10-20(19)28-23)21(29)13-31-24(30)22-14-6-1-2-8-17(14)26-18-11-5-7-15(18)22/h1-4,6,8-10,29H,5,7,11,13H2,(H,27,28)/b21-16-. The number of pyridine rings is 1. The smallest absolute Gasteiger partial charge is 0.339 e. The Morgan fingerprint density at radius 2 is 1.87 bits per heavy atom. The number of H-pyrrole nitrogens is 1. The van der Waals surface area contributed by atoms with E-state index in [1.54, 1.807) is 6.07 Å². The van der Waals surface area contributed by atoms with Gasteiger partial charge in [0.2, 0.25) is 0 Å². The number of allylic oxidation sites excluding steroid dienone is 1. The zero-order chi connectivity index (χ0) is 21.4. The van der Waals surface area contributed by atoms with E-state index >= 15 is 0 Å². The van der Waals surface area contributed by atoms with Crippen LogP contribution in [0.4, 0.5) is 0 Å². The van der Waals surface area contributed by atoms with Gasteiger partial charge in [-0.25, -0.2) is 9.78 Å². The Bertz CT molecular complexity index is 1380. The molecule has 0 atom stereocenters. The Kier molecular flexibility index (Phi) is 4.60. The summed E-state index contributed by atoms with van der Waals surface area (Å²) in [4.78, 5) is 25.0. The molecule has 1 aliphatic rings. The Morgan fingerprint density at radius 3 is 2.68 bits per heavy atom. The Labute approximate surface area is 177 Å². The number of carbonyl (C=O) groups excluding carboxylic acids is 1. The zero-order valence-corrected chi connectivity index (χ0v) is 16.6. The van der Waals surface area contributed by atoms with Crippen molar-refractivity contribution in [3.8, 4) is 6.07 Å². The molecule has 2 heterocycles. The number of aliphatic hydroxyl groups is 1. The molecule has 0 unspecified atom stereocenters. The minimum atomic E-state index is -0.537. The summed E-state index contributed by atoms with van der Waals surface area (Å²) in [5, 5.41) is 20.8. The molecule has 4 aromatic rings. The lowest BCUT2D eigenvalue weighted by atomic mass is 10.0. The lowest BCUT2D eigenvalue weighted by Gasteiger charge is -2.12. The Hall–Kier alpha value is -4.18. The van der Waals surface area contributed by atoms with E-state index < -0.39 is 12.6 Å². The van der Waals surface area contributed by atoms with Crippen LogP contribution in [-0.2, 0) is 17.6 Å². The number of aromatic amines is 1. The maximum Gasteiger partial charge on any atom is 0.339 e. The number of aromatic nitrogens is 3. The molecule has 2 aromatic heterocycles. The van der Waals surface area contributed by atoms with Crippen molar-refractivity contribution in [3.05, 3.63) is 76.9 Å². The number of fused-ring (bicyclic) bond motifs is 3. The van der Waals surface area contributed by atoms with E-state index in [0.29, 0.717) is 11.1 Å². The second-order valence-electron chi connectivity index (χ2n) is 7.39. The fourth-order valence-electron chi connectivity index (χ4n) is 4.05. The van der Waals surface area contributed by atoms with Gasteiger partial charge in [0.1, 0.15) is 18.2 Å². The third kappa shape index (κ3) is 3.28. The van der Waals surface area contributed by atoms with Crippen LogP contribution in [0.15, 0.2) is 54.3 Å². The van der Waals surface area contributed by atoms with Crippen LogP contribution in [0.5, 0.6) is 0 Å². The molecule has 0 spiro atoms. The van der Waals surface area contributed by atoms with E-state index in [9.17, 15) is 15.2 Å². The van der Waals surface area contributed by atoms with Gasteiger partial charge in [0, 0.05) is 11.1 Å². The van der Waals surface area contributed by atoms with Crippen LogP contribution in [-0.4, -0.2) is 32.6 Å². The molecule has 2 N–H and O–H groups in total. The molecule has 2 aromatic carbocycles. The molecule has 0 bridgehead atoms. The average Bonchev–Trinajstić information content (AvgIpc) is 3.42. The van der Waals surface area contributed by atoms with Crippen molar-refractivity contribution < 1.29 is 14.6 Å². The van der Waals surface area contributed by atoms with E-state index in [0.717, 1.165) is 46.9 Å². The molecule has 0 amide bonds. The third-order valence-electron chi connectivity index (χ3n) is 5.49. The van der Waals surface area contributed by atoms with E-state index in [4.69, 9.17) is 4.74 Å². The minimum absolute atomic E-state index is 0.0613. The highest BCUT2D eigenvalue weighted by molar-refractivity contribution is 6.05. The number of rotatable bonds is 4. The van der Waals surface area contributed by atoms with Gasteiger partial charge in [0.15, 0.2) is 11.6 Å². The maximum atomic E-state index is 13.0. The Balaban J connectivity index is 1.46. The van der Waals surface area contributed by atoms with Crippen LogP contribution in [0.25, 0.3) is 27.5 Å². The van der Waals surface area contributed by atoms with Gasteiger partial charge in [0.25, 0.3) is 0 Å². The van der Waals surface area contributed by atoms with Gasteiger partial charge in [-0.3, -0.25) is 4.98 Å². The molecule has 31 heavy (non-hydrogen) atoms. The number of ether oxygens (including phenoxy) is 1. The van der Waals surface area contributed by atoms with Gasteiger partial charge in [-0.2, -0.15) is 5.26 Å². The predicted molar refractivity (Wildman–Crippen MR) is 115 cm³/mol. The van der Waals surface area contributed by atoms with Gasteiger partial charge in [-0.1, -0.05) is 30.3 Å². The number of hydrogen-bond acceptors (Lipinski definition) is 6. The molecule has 152 valence electrons. The summed E-state index contributed by atoms with van der Waals surface area (Å²) in [7, 11) is 0. The summed E-state index contributed by atoms with van der Waals surface area (Å²) < 4.78 is 5.43.